The number of rotatable bonds is 6. The van der Waals surface area contributed by atoms with Crippen molar-refractivity contribution in [3.05, 3.63) is 88.5 Å². The Labute approximate surface area is 165 Å². The first-order chi connectivity index (χ1) is 13.5. The Morgan fingerprint density at radius 1 is 0.929 bits per heavy atom. The largest absolute Gasteiger partial charge is 0.347 e. The summed E-state index contributed by atoms with van der Waals surface area (Å²) in [6, 6.07) is 10.8. The number of hydrogen-bond donors (Lipinski definition) is 2. The van der Waals surface area contributed by atoms with E-state index in [0.29, 0.717) is 11.3 Å². The second-order valence-corrected chi connectivity index (χ2v) is 6.13. The number of carbonyl (C=O) groups excluding carboxylic acids is 2. The summed E-state index contributed by atoms with van der Waals surface area (Å²) < 4.78 is 13.2. The molecule has 9 heteroatoms. The third-order valence-electron chi connectivity index (χ3n) is 3.73. The third kappa shape index (κ3) is 5.08. The standard InChI is InChI=1S/C19H15ClFN5O2/c20-14-7-12(4-5-15(14)21)9-23-18(27)16-8-17(26-11-25-16)19(28)24-10-13-3-1-2-6-22-13/h1-8,11H,9-10H2,(H,23,27)(H,24,28). The maximum absolute atomic E-state index is 13.2. The van der Waals surface area contributed by atoms with E-state index in [2.05, 4.69) is 25.6 Å². The average molecular weight is 400 g/mol. The number of nitrogens with one attached hydrogen (secondary N) is 2. The smallest absolute Gasteiger partial charge is 0.270 e. The summed E-state index contributed by atoms with van der Waals surface area (Å²) in [5.41, 5.74) is 1.41. The monoisotopic (exact) mass is 399 g/mol. The molecule has 142 valence electrons. The van der Waals surface area contributed by atoms with Crippen molar-refractivity contribution in [1.82, 2.24) is 25.6 Å². The average Bonchev–Trinajstić information content (AvgIpc) is 2.73. The highest BCUT2D eigenvalue weighted by Crippen LogP contribution is 2.15. The van der Waals surface area contributed by atoms with E-state index in [1.807, 2.05) is 6.07 Å². The molecule has 0 radical (unpaired) electrons. The van der Waals surface area contributed by atoms with Crippen molar-refractivity contribution in [2.24, 2.45) is 0 Å². The normalized spacial score (nSPS) is 10.4. The summed E-state index contributed by atoms with van der Waals surface area (Å²) >= 11 is 5.72. The van der Waals surface area contributed by atoms with E-state index in [9.17, 15) is 14.0 Å². The molecule has 2 aromatic heterocycles. The number of nitrogens with zero attached hydrogens (tertiary/aromatic N) is 3. The first-order valence-electron chi connectivity index (χ1n) is 8.25. The van der Waals surface area contributed by atoms with E-state index in [-0.39, 0.29) is 29.5 Å². The van der Waals surface area contributed by atoms with E-state index >= 15 is 0 Å². The molecule has 7 nitrogen and oxygen atoms in total. The summed E-state index contributed by atoms with van der Waals surface area (Å²) in [6.45, 7) is 0.362. The van der Waals surface area contributed by atoms with Crippen LogP contribution in [0.2, 0.25) is 5.02 Å². The highest BCUT2D eigenvalue weighted by Gasteiger charge is 2.13. The van der Waals surface area contributed by atoms with Gasteiger partial charge in [0.25, 0.3) is 11.8 Å². The molecule has 0 unspecified atom stereocenters. The predicted molar refractivity (Wildman–Crippen MR) is 100 cm³/mol. The molecule has 0 fully saturated rings. The fraction of sp³-hybridized carbons (Fsp3) is 0.105. The topological polar surface area (TPSA) is 96.9 Å². The Balaban J connectivity index is 1.60. The summed E-state index contributed by atoms with van der Waals surface area (Å²) in [4.78, 5) is 36.4. The third-order valence-corrected chi connectivity index (χ3v) is 4.02. The van der Waals surface area contributed by atoms with Crippen molar-refractivity contribution >= 4 is 23.4 Å². The highest BCUT2D eigenvalue weighted by atomic mass is 35.5. The van der Waals surface area contributed by atoms with Gasteiger partial charge in [0.1, 0.15) is 23.5 Å². The summed E-state index contributed by atoms with van der Waals surface area (Å²) in [6.07, 6.45) is 2.77. The van der Waals surface area contributed by atoms with Gasteiger partial charge >= 0.3 is 0 Å². The molecule has 0 bridgehead atoms. The van der Waals surface area contributed by atoms with Crippen LogP contribution < -0.4 is 10.6 Å². The Bertz CT molecular complexity index is 1000. The van der Waals surface area contributed by atoms with Gasteiger partial charge in [-0.2, -0.15) is 0 Å². The van der Waals surface area contributed by atoms with Crippen LogP contribution >= 0.6 is 11.6 Å². The van der Waals surface area contributed by atoms with E-state index in [4.69, 9.17) is 11.6 Å². The van der Waals surface area contributed by atoms with E-state index in [0.717, 1.165) is 6.33 Å². The van der Waals surface area contributed by atoms with Crippen molar-refractivity contribution < 1.29 is 14.0 Å². The molecule has 2 heterocycles. The lowest BCUT2D eigenvalue weighted by Gasteiger charge is -2.07. The second-order valence-electron chi connectivity index (χ2n) is 5.72. The van der Waals surface area contributed by atoms with Crippen LogP contribution in [0.3, 0.4) is 0 Å². The molecular formula is C19H15ClFN5O2. The van der Waals surface area contributed by atoms with E-state index in [1.165, 1.54) is 24.3 Å². The number of benzene rings is 1. The molecule has 0 aliphatic rings. The van der Waals surface area contributed by atoms with Crippen molar-refractivity contribution in [2.75, 3.05) is 0 Å². The predicted octanol–water partition coefficient (Wildman–Crippen LogP) is 2.52. The van der Waals surface area contributed by atoms with Gasteiger partial charge in [-0.15, -0.1) is 0 Å². The molecule has 0 aliphatic carbocycles. The Kier molecular flexibility index (Phi) is 6.23. The van der Waals surface area contributed by atoms with Gasteiger partial charge in [-0.3, -0.25) is 14.6 Å². The van der Waals surface area contributed by atoms with Crippen LogP contribution in [-0.4, -0.2) is 26.8 Å². The van der Waals surface area contributed by atoms with Gasteiger partial charge in [0.05, 0.1) is 17.3 Å². The molecule has 0 saturated heterocycles. The van der Waals surface area contributed by atoms with Gasteiger partial charge in [-0.1, -0.05) is 23.7 Å². The molecule has 3 rings (SSSR count). The van der Waals surface area contributed by atoms with E-state index < -0.39 is 17.6 Å². The molecule has 0 atom stereocenters. The minimum Gasteiger partial charge on any atom is -0.347 e. The summed E-state index contributed by atoms with van der Waals surface area (Å²) in [5, 5.41) is 5.28. The molecule has 2 amide bonds. The van der Waals surface area contributed by atoms with Gasteiger partial charge < -0.3 is 10.6 Å². The highest BCUT2D eigenvalue weighted by molar-refractivity contribution is 6.30. The molecular weight excluding hydrogens is 385 g/mol. The summed E-state index contributed by atoms with van der Waals surface area (Å²) in [5.74, 6) is -1.48. The van der Waals surface area contributed by atoms with Gasteiger partial charge in [0, 0.05) is 18.8 Å². The van der Waals surface area contributed by atoms with Crippen molar-refractivity contribution in [3.8, 4) is 0 Å². The van der Waals surface area contributed by atoms with Crippen LogP contribution in [0.4, 0.5) is 4.39 Å². The Hall–Kier alpha value is -3.39. The van der Waals surface area contributed by atoms with Crippen LogP contribution in [0.1, 0.15) is 32.2 Å². The zero-order chi connectivity index (χ0) is 19.9. The summed E-state index contributed by atoms with van der Waals surface area (Å²) in [7, 11) is 0. The first-order valence-corrected chi connectivity index (χ1v) is 8.63. The fourth-order valence-corrected chi connectivity index (χ4v) is 2.50. The zero-order valence-electron chi connectivity index (χ0n) is 14.5. The molecule has 0 saturated carbocycles. The van der Waals surface area contributed by atoms with Crippen LogP contribution in [-0.2, 0) is 13.1 Å². The SMILES string of the molecule is O=C(NCc1ccc(F)c(Cl)c1)c1cc(C(=O)NCc2ccccn2)ncn1. The first kappa shape index (κ1) is 19.4. The maximum atomic E-state index is 13.2. The lowest BCUT2D eigenvalue weighted by molar-refractivity contribution is 0.0944. The Morgan fingerprint density at radius 3 is 2.29 bits per heavy atom. The lowest BCUT2D eigenvalue weighted by atomic mass is 10.2. The maximum Gasteiger partial charge on any atom is 0.270 e. The Morgan fingerprint density at radius 2 is 1.64 bits per heavy atom. The lowest BCUT2D eigenvalue weighted by Crippen LogP contribution is -2.27. The fourth-order valence-electron chi connectivity index (χ4n) is 2.29. The van der Waals surface area contributed by atoms with E-state index in [1.54, 1.807) is 18.3 Å². The number of amides is 2. The molecule has 3 aromatic rings. The number of aromatic nitrogens is 3. The number of hydrogen-bond acceptors (Lipinski definition) is 5. The van der Waals surface area contributed by atoms with Gasteiger partial charge in [-0.05, 0) is 29.8 Å². The van der Waals surface area contributed by atoms with Gasteiger partial charge in [0.2, 0.25) is 0 Å². The molecule has 28 heavy (non-hydrogen) atoms. The van der Waals surface area contributed by atoms with Crippen molar-refractivity contribution in [3.63, 3.8) is 0 Å². The molecule has 1 aromatic carbocycles. The number of halogens is 2. The molecule has 0 spiro atoms. The quantitative estimate of drug-likeness (QED) is 0.664. The molecule has 2 N–H and O–H groups in total. The molecule has 0 aliphatic heterocycles. The van der Waals surface area contributed by atoms with Crippen LogP contribution in [0, 0.1) is 5.82 Å². The van der Waals surface area contributed by atoms with Crippen molar-refractivity contribution in [1.29, 1.82) is 0 Å². The number of pyridine rings is 1. The number of carbonyl (C=O) groups is 2. The van der Waals surface area contributed by atoms with Gasteiger partial charge in [-0.25, -0.2) is 14.4 Å². The minimum absolute atomic E-state index is 0.0272. The van der Waals surface area contributed by atoms with Crippen LogP contribution in [0.5, 0.6) is 0 Å². The van der Waals surface area contributed by atoms with Crippen LogP contribution in [0.15, 0.2) is 55.0 Å². The van der Waals surface area contributed by atoms with Crippen molar-refractivity contribution in [2.45, 2.75) is 13.1 Å². The minimum atomic E-state index is -0.533. The second kappa shape index (κ2) is 9.01. The van der Waals surface area contributed by atoms with Gasteiger partial charge in [0.15, 0.2) is 0 Å². The zero-order valence-corrected chi connectivity index (χ0v) is 15.3. The van der Waals surface area contributed by atoms with Crippen LogP contribution in [0.25, 0.3) is 0 Å².